The Kier molecular flexibility index (Phi) is 5.73. The number of piperazine rings is 1. The highest BCUT2D eigenvalue weighted by atomic mass is 32.2. The molecule has 7 heteroatoms. The maximum atomic E-state index is 12.6. The number of hydrogen-bond donors (Lipinski definition) is 0. The molecular formula is C15H29N3O3S. The first-order valence-corrected chi connectivity index (χ1v) is 10.1. The zero-order valence-electron chi connectivity index (χ0n) is 13.5. The van der Waals surface area contributed by atoms with Gasteiger partial charge in [0, 0.05) is 45.8 Å². The summed E-state index contributed by atoms with van der Waals surface area (Å²) in [6.07, 6.45) is 6.84. The molecule has 0 unspecified atom stereocenters. The number of nitrogens with zero attached hydrogens (tertiary/aromatic N) is 3. The molecule has 2 aliphatic heterocycles. The van der Waals surface area contributed by atoms with Crippen LogP contribution in [0.5, 0.6) is 0 Å². The van der Waals surface area contributed by atoms with Gasteiger partial charge in [0.2, 0.25) is 0 Å². The highest BCUT2D eigenvalue weighted by Crippen LogP contribution is 2.25. The Morgan fingerprint density at radius 3 is 2.05 bits per heavy atom. The Morgan fingerprint density at radius 1 is 0.818 bits per heavy atom. The van der Waals surface area contributed by atoms with Gasteiger partial charge >= 0.3 is 0 Å². The normalized spacial score (nSPS) is 28.0. The molecule has 1 saturated carbocycles. The third kappa shape index (κ3) is 4.00. The van der Waals surface area contributed by atoms with Crippen LogP contribution in [0, 0.1) is 5.92 Å². The molecule has 3 aliphatic rings. The van der Waals surface area contributed by atoms with Crippen molar-refractivity contribution in [2.24, 2.45) is 5.92 Å². The van der Waals surface area contributed by atoms with Crippen molar-refractivity contribution in [3.05, 3.63) is 0 Å². The van der Waals surface area contributed by atoms with Crippen LogP contribution in [0.1, 0.15) is 32.1 Å². The summed E-state index contributed by atoms with van der Waals surface area (Å²) in [5, 5.41) is 0. The number of hydrogen-bond acceptors (Lipinski definition) is 4. The molecule has 2 heterocycles. The number of rotatable bonds is 4. The van der Waals surface area contributed by atoms with Crippen LogP contribution in [0.2, 0.25) is 0 Å². The predicted octanol–water partition coefficient (Wildman–Crippen LogP) is 0.761. The Hall–Kier alpha value is -0.210. The van der Waals surface area contributed by atoms with Crippen molar-refractivity contribution < 1.29 is 13.2 Å². The van der Waals surface area contributed by atoms with E-state index < -0.39 is 10.2 Å². The summed E-state index contributed by atoms with van der Waals surface area (Å²) in [5.74, 6) is 0.830. The zero-order chi connectivity index (χ0) is 15.4. The Labute approximate surface area is 134 Å². The maximum Gasteiger partial charge on any atom is 0.282 e. The van der Waals surface area contributed by atoms with E-state index in [0.717, 1.165) is 25.6 Å². The summed E-state index contributed by atoms with van der Waals surface area (Å²) < 4.78 is 33.7. The fourth-order valence-electron chi connectivity index (χ4n) is 3.82. The van der Waals surface area contributed by atoms with Gasteiger partial charge in [-0.25, -0.2) is 0 Å². The Balaban J connectivity index is 1.48. The lowest BCUT2D eigenvalue weighted by molar-refractivity contribution is 0.0680. The van der Waals surface area contributed by atoms with E-state index in [1.54, 1.807) is 8.61 Å². The summed E-state index contributed by atoms with van der Waals surface area (Å²) in [5.41, 5.74) is 0. The molecule has 3 rings (SSSR count). The van der Waals surface area contributed by atoms with Crippen LogP contribution in [0.3, 0.4) is 0 Å². The van der Waals surface area contributed by atoms with Gasteiger partial charge in [-0.15, -0.1) is 0 Å². The van der Waals surface area contributed by atoms with E-state index in [2.05, 4.69) is 4.90 Å². The molecule has 0 radical (unpaired) electrons. The Bertz CT molecular complexity index is 437. The summed E-state index contributed by atoms with van der Waals surface area (Å²) in [4.78, 5) is 2.46. The summed E-state index contributed by atoms with van der Waals surface area (Å²) in [6.45, 7) is 6.18. The molecule has 0 bridgehead atoms. The first kappa shape index (κ1) is 16.6. The fourth-order valence-corrected chi connectivity index (χ4v) is 5.38. The SMILES string of the molecule is O=S(=O)(N1CCOCC1)N1CCN(CC2CCCCC2)CC1. The summed E-state index contributed by atoms with van der Waals surface area (Å²) in [7, 11) is -3.28. The van der Waals surface area contributed by atoms with Gasteiger partial charge in [-0.3, -0.25) is 0 Å². The van der Waals surface area contributed by atoms with Gasteiger partial charge in [0.05, 0.1) is 13.2 Å². The van der Waals surface area contributed by atoms with E-state index in [1.165, 1.54) is 32.1 Å². The van der Waals surface area contributed by atoms with Crippen molar-refractivity contribution in [2.75, 3.05) is 59.0 Å². The van der Waals surface area contributed by atoms with Crippen LogP contribution in [0.15, 0.2) is 0 Å². The smallest absolute Gasteiger partial charge is 0.282 e. The van der Waals surface area contributed by atoms with Crippen LogP contribution < -0.4 is 0 Å². The monoisotopic (exact) mass is 331 g/mol. The van der Waals surface area contributed by atoms with Crippen molar-refractivity contribution in [1.82, 2.24) is 13.5 Å². The van der Waals surface area contributed by atoms with Gasteiger partial charge < -0.3 is 9.64 Å². The molecule has 0 amide bonds. The molecule has 1 aliphatic carbocycles. The quantitative estimate of drug-likeness (QED) is 0.763. The maximum absolute atomic E-state index is 12.6. The second kappa shape index (κ2) is 7.57. The first-order valence-electron chi connectivity index (χ1n) is 8.71. The molecular weight excluding hydrogens is 302 g/mol. The van der Waals surface area contributed by atoms with Crippen molar-refractivity contribution in [3.8, 4) is 0 Å². The third-order valence-electron chi connectivity index (χ3n) is 5.20. The Morgan fingerprint density at radius 2 is 1.41 bits per heavy atom. The summed E-state index contributed by atoms with van der Waals surface area (Å²) in [6, 6.07) is 0. The van der Waals surface area contributed by atoms with Crippen LogP contribution in [0.25, 0.3) is 0 Å². The minimum atomic E-state index is -3.28. The van der Waals surface area contributed by atoms with Gasteiger partial charge in [0.1, 0.15) is 0 Å². The summed E-state index contributed by atoms with van der Waals surface area (Å²) >= 11 is 0. The van der Waals surface area contributed by atoms with E-state index in [4.69, 9.17) is 4.74 Å². The average molecular weight is 331 g/mol. The number of morpholine rings is 1. The molecule has 0 atom stereocenters. The highest BCUT2D eigenvalue weighted by molar-refractivity contribution is 7.86. The second-order valence-electron chi connectivity index (χ2n) is 6.72. The molecule has 6 nitrogen and oxygen atoms in total. The van der Waals surface area contributed by atoms with Crippen LogP contribution >= 0.6 is 0 Å². The minimum absolute atomic E-state index is 0.491. The van der Waals surface area contributed by atoms with Crippen LogP contribution in [-0.2, 0) is 14.9 Å². The minimum Gasteiger partial charge on any atom is -0.379 e. The molecule has 0 spiro atoms. The third-order valence-corrected chi connectivity index (χ3v) is 7.23. The van der Waals surface area contributed by atoms with E-state index in [0.29, 0.717) is 39.4 Å². The van der Waals surface area contributed by atoms with Gasteiger partial charge in [-0.1, -0.05) is 19.3 Å². The van der Waals surface area contributed by atoms with Crippen LogP contribution in [-0.4, -0.2) is 81.0 Å². The molecule has 0 aromatic rings. The molecule has 0 aromatic heterocycles. The molecule has 0 aromatic carbocycles. The largest absolute Gasteiger partial charge is 0.379 e. The molecule has 2 saturated heterocycles. The van der Waals surface area contributed by atoms with Crippen molar-refractivity contribution in [2.45, 2.75) is 32.1 Å². The van der Waals surface area contributed by atoms with E-state index in [-0.39, 0.29) is 0 Å². The highest BCUT2D eigenvalue weighted by Gasteiger charge is 2.33. The molecule has 3 fully saturated rings. The predicted molar refractivity (Wildman–Crippen MR) is 85.9 cm³/mol. The van der Waals surface area contributed by atoms with E-state index in [1.807, 2.05) is 0 Å². The lowest BCUT2D eigenvalue weighted by atomic mass is 9.89. The standard InChI is InChI=1S/C15H29N3O3S/c19-22(20,18-10-12-21-13-11-18)17-8-6-16(7-9-17)14-15-4-2-1-3-5-15/h15H,1-14H2. The van der Waals surface area contributed by atoms with E-state index in [9.17, 15) is 8.42 Å². The zero-order valence-corrected chi connectivity index (χ0v) is 14.3. The van der Waals surface area contributed by atoms with Crippen molar-refractivity contribution >= 4 is 10.2 Å². The molecule has 128 valence electrons. The van der Waals surface area contributed by atoms with Gasteiger partial charge in [-0.2, -0.15) is 17.0 Å². The molecule has 22 heavy (non-hydrogen) atoms. The van der Waals surface area contributed by atoms with Gasteiger partial charge in [0.15, 0.2) is 0 Å². The van der Waals surface area contributed by atoms with Crippen molar-refractivity contribution in [1.29, 1.82) is 0 Å². The van der Waals surface area contributed by atoms with E-state index >= 15 is 0 Å². The first-order chi connectivity index (χ1) is 10.7. The van der Waals surface area contributed by atoms with Crippen LogP contribution in [0.4, 0.5) is 0 Å². The second-order valence-corrected chi connectivity index (χ2v) is 8.65. The lowest BCUT2D eigenvalue weighted by Gasteiger charge is -2.39. The average Bonchev–Trinajstić information content (AvgIpc) is 2.57. The lowest BCUT2D eigenvalue weighted by Crippen LogP contribution is -2.55. The van der Waals surface area contributed by atoms with Gasteiger partial charge in [-0.05, 0) is 18.8 Å². The van der Waals surface area contributed by atoms with Gasteiger partial charge in [0.25, 0.3) is 10.2 Å². The fraction of sp³-hybridized carbons (Fsp3) is 1.00. The topological polar surface area (TPSA) is 53.1 Å². The van der Waals surface area contributed by atoms with Crippen molar-refractivity contribution in [3.63, 3.8) is 0 Å². The number of ether oxygens (including phenoxy) is 1. The molecule has 0 N–H and O–H groups in total.